The average Bonchev–Trinajstić information content (AvgIpc) is 2.74. The van der Waals surface area contributed by atoms with Crippen molar-refractivity contribution in [1.29, 1.82) is 0 Å². The Bertz CT molecular complexity index is 398. The Kier molecular flexibility index (Phi) is 5.08. The summed E-state index contributed by atoms with van der Waals surface area (Å²) in [4.78, 5) is 26.8. The van der Waals surface area contributed by atoms with Crippen LogP contribution in [0.15, 0.2) is 11.7 Å². The number of amides is 1. The zero-order chi connectivity index (χ0) is 13.6. The number of aromatic nitrogens is 1. The van der Waals surface area contributed by atoms with Crippen molar-refractivity contribution in [3.63, 3.8) is 0 Å². The van der Waals surface area contributed by atoms with Crippen molar-refractivity contribution in [3.05, 3.63) is 16.6 Å². The number of nitrogens with zero attached hydrogens (tertiary/aromatic N) is 1. The molecule has 0 saturated heterocycles. The maximum Gasteiger partial charge on any atom is 0.407 e. The van der Waals surface area contributed by atoms with Crippen molar-refractivity contribution in [3.8, 4) is 0 Å². The van der Waals surface area contributed by atoms with Crippen LogP contribution in [0.2, 0.25) is 0 Å². The van der Waals surface area contributed by atoms with Gasteiger partial charge in [0, 0.05) is 0 Å². The Morgan fingerprint density at radius 3 is 2.72 bits per heavy atom. The molecule has 0 unspecified atom stereocenters. The number of esters is 1. The predicted octanol–water partition coefficient (Wildman–Crippen LogP) is 1.82. The van der Waals surface area contributed by atoms with Crippen LogP contribution < -0.4 is 5.32 Å². The van der Waals surface area contributed by atoms with Crippen LogP contribution in [-0.4, -0.2) is 35.8 Å². The first-order chi connectivity index (χ1) is 8.38. The Balaban J connectivity index is 2.16. The first-order valence-corrected chi connectivity index (χ1v) is 6.29. The number of alkyl carbamates (subject to hydrolysis) is 1. The lowest BCUT2D eigenvalue weighted by atomic mass is 10.2. The van der Waals surface area contributed by atoms with E-state index in [4.69, 9.17) is 9.47 Å². The summed E-state index contributed by atoms with van der Waals surface area (Å²) in [7, 11) is 0. The lowest BCUT2D eigenvalue weighted by molar-refractivity contribution is 0.0436. The molecule has 1 heterocycles. The van der Waals surface area contributed by atoms with Crippen molar-refractivity contribution in [2.75, 3.05) is 13.2 Å². The third-order valence-corrected chi connectivity index (χ3v) is 2.39. The first kappa shape index (κ1) is 14.4. The normalized spacial score (nSPS) is 10.8. The van der Waals surface area contributed by atoms with Gasteiger partial charge in [-0.2, -0.15) is 0 Å². The number of rotatable bonds is 4. The Labute approximate surface area is 109 Å². The number of carbonyl (C=O) groups excluding carboxylic acids is 2. The van der Waals surface area contributed by atoms with Crippen LogP contribution in [0, 0.1) is 0 Å². The van der Waals surface area contributed by atoms with E-state index in [0.29, 0.717) is 4.88 Å². The maximum atomic E-state index is 11.4. The number of carbonyl (C=O) groups is 2. The molecular formula is C11H16N2O4S. The minimum atomic E-state index is -0.538. The van der Waals surface area contributed by atoms with Gasteiger partial charge < -0.3 is 14.8 Å². The van der Waals surface area contributed by atoms with E-state index >= 15 is 0 Å². The van der Waals surface area contributed by atoms with Crippen molar-refractivity contribution in [1.82, 2.24) is 10.3 Å². The number of nitrogens with one attached hydrogen (secondary N) is 1. The molecule has 1 aromatic rings. The fourth-order valence-corrected chi connectivity index (χ4v) is 1.51. The second kappa shape index (κ2) is 6.34. The van der Waals surface area contributed by atoms with Gasteiger partial charge >= 0.3 is 12.1 Å². The lowest BCUT2D eigenvalue weighted by Crippen LogP contribution is -2.34. The van der Waals surface area contributed by atoms with Crippen molar-refractivity contribution < 1.29 is 19.1 Å². The maximum absolute atomic E-state index is 11.4. The molecule has 1 rings (SSSR count). The van der Waals surface area contributed by atoms with Gasteiger partial charge in [0.15, 0.2) is 0 Å². The van der Waals surface area contributed by atoms with Crippen LogP contribution in [0.5, 0.6) is 0 Å². The van der Waals surface area contributed by atoms with Crippen molar-refractivity contribution in [2.45, 2.75) is 26.4 Å². The van der Waals surface area contributed by atoms with E-state index in [1.807, 2.05) is 0 Å². The molecule has 7 heteroatoms. The van der Waals surface area contributed by atoms with Gasteiger partial charge in [-0.3, -0.25) is 4.98 Å². The smallest absolute Gasteiger partial charge is 0.407 e. The average molecular weight is 272 g/mol. The largest absolute Gasteiger partial charge is 0.460 e. The summed E-state index contributed by atoms with van der Waals surface area (Å²) in [5, 5.41) is 2.49. The van der Waals surface area contributed by atoms with Gasteiger partial charge in [0.2, 0.25) is 0 Å². The van der Waals surface area contributed by atoms with E-state index in [0.717, 1.165) is 0 Å². The topological polar surface area (TPSA) is 77.5 Å². The van der Waals surface area contributed by atoms with Crippen LogP contribution >= 0.6 is 11.3 Å². The molecule has 0 aliphatic heterocycles. The Hall–Kier alpha value is -1.63. The highest BCUT2D eigenvalue weighted by Crippen LogP contribution is 2.07. The number of hydrogen-bond donors (Lipinski definition) is 1. The molecule has 0 aromatic carbocycles. The summed E-state index contributed by atoms with van der Waals surface area (Å²) in [6.07, 6.45) is 0.908. The highest BCUT2D eigenvalue weighted by molar-refractivity contribution is 7.11. The van der Waals surface area contributed by atoms with Gasteiger partial charge in [0.1, 0.15) is 17.1 Å². The molecule has 100 valence electrons. The highest BCUT2D eigenvalue weighted by atomic mass is 32.1. The second-order valence-corrected chi connectivity index (χ2v) is 5.32. The standard InChI is InChI=1S/C11H16N2O4S/c1-11(2,3)17-10(15)13-4-5-16-9(14)8-6-12-7-18-8/h6-7H,4-5H2,1-3H3,(H,13,15). The third-order valence-electron chi connectivity index (χ3n) is 1.64. The van der Waals surface area contributed by atoms with E-state index in [9.17, 15) is 9.59 Å². The molecule has 1 aromatic heterocycles. The number of thiazole rings is 1. The first-order valence-electron chi connectivity index (χ1n) is 5.41. The van der Waals surface area contributed by atoms with Gasteiger partial charge in [0.25, 0.3) is 0 Å². The van der Waals surface area contributed by atoms with Gasteiger partial charge in [0.05, 0.1) is 18.3 Å². The van der Waals surface area contributed by atoms with Gasteiger partial charge in [-0.15, -0.1) is 11.3 Å². The van der Waals surface area contributed by atoms with Gasteiger partial charge in [-0.25, -0.2) is 9.59 Å². The van der Waals surface area contributed by atoms with E-state index in [1.165, 1.54) is 17.5 Å². The molecule has 1 amide bonds. The summed E-state index contributed by atoms with van der Waals surface area (Å²) >= 11 is 1.21. The minimum absolute atomic E-state index is 0.0932. The van der Waals surface area contributed by atoms with Gasteiger partial charge in [-0.05, 0) is 20.8 Å². The SMILES string of the molecule is CC(C)(C)OC(=O)NCCOC(=O)c1cncs1. The second-order valence-electron chi connectivity index (χ2n) is 4.43. The van der Waals surface area contributed by atoms with Gasteiger partial charge in [-0.1, -0.05) is 0 Å². The molecule has 6 nitrogen and oxygen atoms in total. The summed E-state index contributed by atoms with van der Waals surface area (Å²) in [6, 6.07) is 0. The molecule has 0 spiro atoms. The predicted molar refractivity (Wildman–Crippen MR) is 66.6 cm³/mol. The fraction of sp³-hybridized carbons (Fsp3) is 0.545. The molecule has 1 N–H and O–H groups in total. The molecule has 0 aliphatic rings. The molecule has 0 aliphatic carbocycles. The van der Waals surface area contributed by atoms with E-state index in [-0.39, 0.29) is 13.2 Å². The van der Waals surface area contributed by atoms with Crippen LogP contribution in [0.25, 0.3) is 0 Å². The fourth-order valence-electron chi connectivity index (χ4n) is 0.999. The summed E-state index contributed by atoms with van der Waals surface area (Å²) < 4.78 is 9.95. The molecule has 0 fully saturated rings. The number of ether oxygens (including phenoxy) is 2. The van der Waals surface area contributed by atoms with E-state index in [1.54, 1.807) is 26.3 Å². The molecule has 0 bridgehead atoms. The molecule has 18 heavy (non-hydrogen) atoms. The van der Waals surface area contributed by atoms with E-state index < -0.39 is 17.7 Å². The Morgan fingerprint density at radius 1 is 1.44 bits per heavy atom. The summed E-state index contributed by atoms with van der Waals surface area (Å²) in [5.41, 5.74) is 1.01. The van der Waals surface area contributed by atoms with Crippen molar-refractivity contribution >= 4 is 23.4 Å². The summed E-state index contributed by atoms with van der Waals surface area (Å²) in [6.45, 7) is 5.62. The number of hydrogen-bond acceptors (Lipinski definition) is 6. The minimum Gasteiger partial charge on any atom is -0.460 e. The quantitative estimate of drug-likeness (QED) is 0.668. The zero-order valence-electron chi connectivity index (χ0n) is 10.6. The molecular weight excluding hydrogens is 256 g/mol. The molecule has 0 radical (unpaired) electrons. The monoisotopic (exact) mass is 272 g/mol. The zero-order valence-corrected chi connectivity index (χ0v) is 11.4. The third kappa shape index (κ3) is 5.62. The van der Waals surface area contributed by atoms with Crippen LogP contribution in [0.4, 0.5) is 4.79 Å². The lowest BCUT2D eigenvalue weighted by Gasteiger charge is -2.19. The van der Waals surface area contributed by atoms with Crippen LogP contribution in [0.1, 0.15) is 30.4 Å². The van der Waals surface area contributed by atoms with E-state index in [2.05, 4.69) is 10.3 Å². The molecule has 0 atom stereocenters. The molecule has 0 saturated carbocycles. The van der Waals surface area contributed by atoms with Crippen LogP contribution in [-0.2, 0) is 9.47 Å². The van der Waals surface area contributed by atoms with Crippen LogP contribution in [0.3, 0.4) is 0 Å². The highest BCUT2D eigenvalue weighted by Gasteiger charge is 2.15. The van der Waals surface area contributed by atoms with Crippen molar-refractivity contribution in [2.24, 2.45) is 0 Å². The summed E-state index contributed by atoms with van der Waals surface area (Å²) in [5.74, 6) is -0.441. The Morgan fingerprint density at radius 2 is 2.17 bits per heavy atom.